The molecule has 0 atom stereocenters. The minimum absolute atomic E-state index is 0.0272. The van der Waals surface area contributed by atoms with Gasteiger partial charge >= 0.3 is 5.76 Å². The molecule has 0 saturated carbocycles. The molecule has 0 bridgehead atoms. The van der Waals surface area contributed by atoms with Gasteiger partial charge in [0.05, 0.1) is 29.8 Å². The fraction of sp³-hybridized carbons (Fsp3) is 0.211. The number of fused-ring (bicyclic) bond motifs is 1. The first-order valence-electron chi connectivity index (χ1n) is 9.12. The van der Waals surface area contributed by atoms with Crippen molar-refractivity contribution in [2.24, 2.45) is 0 Å². The smallest absolute Gasteiger partial charge is 0.420 e. The molecule has 10 nitrogen and oxygen atoms in total. The quantitative estimate of drug-likeness (QED) is 0.441. The number of nitrogens with one attached hydrogen (secondary N) is 1. The standard InChI is InChI=1S/C19H17ClN4O6S/c1-3-18-21-17(22-30-18)10-24-14-6-5-12(9-16(14)29-19(24)25)31(26,27)23-13-8-11(20)4-7-15(13)28-2/h4-9,23H,3,10H2,1-2H3. The zero-order valence-electron chi connectivity index (χ0n) is 16.5. The number of sulfonamides is 1. The summed E-state index contributed by atoms with van der Waals surface area (Å²) in [7, 11) is -2.60. The van der Waals surface area contributed by atoms with E-state index in [-0.39, 0.29) is 22.7 Å². The van der Waals surface area contributed by atoms with Crippen LogP contribution >= 0.6 is 11.6 Å². The van der Waals surface area contributed by atoms with Gasteiger partial charge in [0, 0.05) is 17.5 Å². The second kappa shape index (κ2) is 8.08. The van der Waals surface area contributed by atoms with Crippen LogP contribution < -0.4 is 15.2 Å². The largest absolute Gasteiger partial charge is 0.495 e. The van der Waals surface area contributed by atoms with Crippen LogP contribution in [-0.2, 0) is 23.0 Å². The Kier molecular flexibility index (Phi) is 5.46. The molecule has 4 aromatic rings. The van der Waals surface area contributed by atoms with Crippen LogP contribution in [0.1, 0.15) is 18.6 Å². The third-order valence-corrected chi connectivity index (χ3v) is 6.07. The average Bonchev–Trinajstić information content (AvgIpc) is 3.32. The number of aryl methyl sites for hydroxylation is 1. The first kappa shape index (κ1) is 20.9. The maximum Gasteiger partial charge on any atom is 0.420 e. The Bertz CT molecular complexity index is 1420. The number of aromatic nitrogens is 3. The number of hydrogen-bond donors (Lipinski definition) is 1. The van der Waals surface area contributed by atoms with Gasteiger partial charge in [0.15, 0.2) is 11.4 Å². The number of nitrogens with zero attached hydrogens (tertiary/aromatic N) is 3. The summed E-state index contributed by atoms with van der Waals surface area (Å²) in [4.78, 5) is 16.4. The molecular weight excluding hydrogens is 448 g/mol. The summed E-state index contributed by atoms with van der Waals surface area (Å²) in [5.41, 5.74) is 0.676. The first-order valence-corrected chi connectivity index (χ1v) is 11.0. The van der Waals surface area contributed by atoms with Gasteiger partial charge in [0.25, 0.3) is 10.0 Å². The van der Waals surface area contributed by atoms with Crippen molar-refractivity contribution in [2.45, 2.75) is 24.8 Å². The van der Waals surface area contributed by atoms with E-state index in [9.17, 15) is 13.2 Å². The van der Waals surface area contributed by atoms with Crippen LogP contribution in [0, 0.1) is 0 Å². The zero-order valence-corrected chi connectivity index (χ0v) is 18.0. The Balaban J connectivity index is 1.68. The lowest BCUT2D eigenvalue weighted by Crippen LogP contribution is -2.16. The lowest BCUT2D eigenvalue weighted by molar-refractivity contribution is 0.375. The fourth-order valence-electron chi connectivity index (χ4n) is 2.97. The Morgan fingerprint density at radius 1 is 1.23 bits per heavy atom. The highest BCUT2D eigenvalue weighted by atomic mass is 35.5. The topological polar surface area (TPSA) is 129 Å². The zero-order chi connectivity index (χ0) is 22.2. The molecule has 0 saturated heterocycles. The van der Waals surface area contributed by atoms with E-state index in [0.29, 0.717) is 34.4 Å². The fourth-order valence-corrected chi connectivity index (χ4v) is 4.21. The molecule has 162 valence electrons. The summed E-state index contributed by atoms with van der Waals surface area (Å²) in [5, 5.41) is 4.16. The molecule has 0 aliphatic rings. The lowest BCUT2D eigenvalue weighted by atomic mass is 10.3. The number of oxazole rings is 1. The third kappa shape index (κ3) is 4.14. The monoisotopic (exact) mass is 464 g/mol. The van der Waals surface area contributed by atoms with Crippen molar-refractivity contribution < 1.29 is 22.1 Å². The molecule has 0 amide bonds. The molecule has 0 radical (unpaired) electrons. The molecule has 2 aromatic carbocycles. The Morgan fingerprint density at radius 3 is 2.74 bits per heavy atom. The normalized spacial score (nSPS) is 11.7. The molecule has 31 heavy (non-hydrogen) atoms. The van der Waals surface area contributed by atoms with Gasteiger partial charge in [-0.2, -0.15) is 4.98 Å². The van der Waals surface area contributed by atoms with E-state index in [1.54, 1.807) is 12.1 Å². The first-order chi connectivity index (χ1) is 14.8. The summed E-state index contributed by atoms with van der Waals surface area (Å²) in [6, 6.07) is 8.66. The Hall–Kier alpha value is -3.31. The summed E-state index contributed by atoms with van der Waals surface area (Å²) in [6.07, 6.45) is 0.569. The molecule has 0 fully saturated rings. The van der Waals surface area contributed by atoms with E-state index >= 15 is 0 Å². The number of hydrogen-bond acceptors (Lipinski definition) is 8. The highest BCUT2D eigenvalue weighted by Crippen LogP contribution is 2.30. The van der Waals surface area contributed by atoms with Gasteiger partial charge in [0.1, 0.15) is 5.75 Å². The van der Waals surface area contributed by atoms with Crippen molar-refractivity contribution in [2.75, 3.05) is 11.8 Å². The molecule has 12 heteroatoms. The van der Waals surface area contributed by atoms with Gasteiger partial charge in [-0.3, -0.25) is 9.29 Å². The second-order valence-corrected chi connectivity index (χ2v) is 8.61. The molecular formula is C19H17ClN4O6S. The summed E-state index contributed by atoms with van der Waals surface area (Å²) >= 11 is 5.96. The van der Waals surface area contributed by atoms with E-state index in [1.165, 1.54) is 35.9 Å². The van der Waals surface area contributed by atoms with Crippen molar-refractivity contribution in [1.29, 1.82) is 0 Å². The van der Waals surface area contributed by atoms with Crippen molar-refractivity contribution in [3.05, 3.63) is 63.7 Å². The van der Waals surface area contributed by atoms with E-state index in [2.05, 4.69) is 14.9 Å². The number of ether oxygens (including phenoxy) is 1. The van der Waals surface area contributed by atoms with Gasteiger partial charge in [-0.05, 0) is 30.3 Å². The van der Waals surface area contributed by atoms with Gasteiger partial charge < -0.3 is 13.7 Å². The highest BCUT2D eigenvalue weighted by molar-refractivity contribution is 7.92. The van der Waals surface area contributed by atoms with Gasteiger partial charge in [0.2, 0.25) is 5.89 Å². The van der Waals surface area contributed by atoms with Crippen LogP contribution in [0.3, 0.4) is 0 Å². The molecule has 0 spiro atoms. The van der Waals surface area contributed by atoms with Crippen LogP contribution in [0.5, 0.6) is 5.75 Å². The SMILES string of the molecule is CCc1nc(Cn2c(=O)oc3cc(S(=O)(=O)Nc4cc(Cl)ccc4OC)ccc32)no1. The minimum Gasteiger partial charge on any atom is -0.495 e. The molecule has 1 N–H and O–H groups in total. The molecule has 2 heterocycles. The number of anilines is 1. The van der Waals surface area contributed by atoms with Crippen LogP contribution in [0.4, 0.5) is 5.69 Å². The second-order valence-electron chi connectivity index (χ2n) is 6.49. The molecule has 0 aliphatic carbocycles. The van der Waals surface area contributed by atoms with Crippen molar-refractivity contribution in [3.8, 4) is 5.75 Å². The Morgan fingerprint density at radius 2 is 2.03 bits per heavy atom. The van der Waals surface area contributed by atoms with Crippen molar-refractivity contribution in [1.82, 2.24) is 14.7 Å². The minimum atomic E-state index is -4.02. The summed E-state index contributed by atoms with van der Waals surface area (Å²) in [6.45, 7) is 1.89. The predicted molar refractivity (Wildman–Crippen MR) is 112 cm³/mol. The summed E-state index contributed by atoms with van der Waals surface area (Å²) in [5.74, 6) is 0.398. The van der Waals surface area contributed by atoms with Gasteiger partial charge in [-0.1, -0.05) is 23.7 Å². The third-order valence-electron chi connectivity index (χ3n) is 4.47. The molecule has 4 rings (SSSR count). The molecule has 0 unspecified atom stereocenters. The van der Waals surface area contributed by atoms with E-state index in [4.69, 9.17) is 25.3 Å². The van der Waals surface area contributed by atoms with Gasteiger partial charge in [-0.25, -0.2) is 13.2 Å². The number of rotatable bonds is 7. The number of methoxy groups -OCH3 is 1. The van der Waals surface area contributed by atoms with Crippen LogP contribution in [0.2, 0.25) is 5.02 Å². The molecule has 2 aromatic heterocycles. The Labute approximate surface area is 181 Å². The molecule has 0 aliphatic heterocycles. The predicted octanol–water partition coefficient (Wildman–Crippen LogP) is 3.05. The van der Waals surface area contributed by atoms with Crippen molar-refractivity contribution in [3.63, 3.8) is 0 Å². The maximum atomic E-state index is 12.9. The van der Waals surface area contributed by atoms with E-state index in [0.717, 1.165) is 0 Å². The summed E-state index contributed by atoms with van der Waals surface area (Å²) < 4.78 is 44.9. The highest BCUT2D eigenvalue weighted by Gasteiger charge is 2.20. The average molecular weight is 465 g/mol. The lowest BCUT2D eigenvalue weighted by Gasteiger charge is -2.12. The van der Waals surface area contributed by atoms with Crippen LogP contribution in [0.15, 0.2) is 55.0 Å². The maximum absolute atomic E-state index is 12.9. The van der Waals surface area contributed by atoms with E-state index in [1.807, 2.05) is 6.92 Å². The van der Waals surface area contributed by atoms with Crippen LogP contribution in [0.25, 0.3) is 11.1 Å². The van der Waals surface area contributed by atoms with E-state index < -0.39 is 15.8 Å². The van der Waals surface area contributed by atoms with Crippen molar-refractivity contribution >= 4 is 38.4 Å². The van der Waals surface area contributed by atoms with Crippen LogP contribution in [-0.4, -0.2) is 30.2 Å². The van der Waals surface area contributed by atoms with Gasteiger partial charge in [-0.15, -0.1) is 0 Å². The number of halogens is 1. The number of benzene rings is 2.